The summed E-state index contributed by atoms with van der Waals surface area (Å²) in [6, 6.07) is 3.96. The molecule has 1 aromatic carbocycles. The molecule has 0 bridgehead atoms. The number of aromatic amines is 1. The number of benzene rings is 1. The molecule has 0 spiro atoms. The Bertz CT molecular complexity index is 640. The van der Waals surface area contributed by atoms with Crippen LogP contribution in [-0.4, -0.2) is 19.9 Å². The quantitative estimate of drug-likeness (QED) is 0.780. The highest BCUT2D eigenvalue weighted by atomic mass is 32.1. The molecule has 18 heavy (non-hydrogen) atoms. The van der Waals surface area contributed by atoms with Gasteiger partial charge in [0.05, 0.1) is 5.56 Å². The molecule has 1 heterocycles. The predicted octanol–water partition coefficient (Wildman–Crippen LogP) is 3.21. The number of rotatable bonds is 1. The van der Waals surface area contributed by atoms with Gasteiger partial charge in [-0.25, -0.2) is 4.39 Å². The van der Waals surface area contributed by atoms with Gasteiger partial charge in [-0.15, -0.1) is 0 Å². The molecule has 0 fully saturated rings. The van der Waals surface area contributed by atoms with Crippen LogP contribution < -0.4 is 0 Å². The molecule has 0 aliphatic carbocycles. The molecule has 0 unspecified atom stereocenters. The molecule has 2 aromatic rings. The third-order valence-electron chi connectivity index (χ3n) is 2.54. The molecular formula is C12H14FN3OS. The average Bonchev–Trinajstić information content (AvgIpc) is 2.59. The number of nitrogens with one attached hydrogen (secondary N) is 1. The highest BCUT2D eigenvalue weighted by molar-refractivity contribution is 7.71. The second-order valence-corrected chi connectivity index (χ2v) is 5.41. The maximum Gasteiger partial charge on any atom is 0.195 e. The van der Waals surface area contributed by atoms with E-state index in [-0.39, 0.29) is 11.3 Å². The largest absolute Gasteiger partial charge is 0.508 e. The van der Waals surface area contributed by atoms with Gasteiger partial charge in [0.15, 0.2) is 10.6 Å². The van der Waals surface area contributed by atoms with Crippen molar-refractivity contribution in [3.05, 3.63) is 28.8 Å². The topological polar surface area (TPSA) is 53.8 Å². The molecule has 2 N–H and O–H groups in total. The van der Waals surface area contributed by atoms with Crippen LogP contribution in [0.5, 0.6) is 5.75 Å². The smallest absolute Gasteiger partial charge is 0.195 e. The maximum absolute atomic E-state index is 13.9. The molecule has 0 amide bonds. The van der Waals surface area contributed by atoms with E-state index in [9.17, 15) is 9.50 Å². The van der Waals surface area contributed by atoms with Crippen LogP contribution in [-0.2, 0) is 5.54 Å². The fraction of sp³-hybridized carbons (Fsp3) is 0.333. The normalized spacial score (nSPS) is 11.8. The zero-order chi connectivity index (χ0) is 13.5. The summed E-state index contributed by atoms with van der Waals surface area (Å²) >= 11 is 5.16. The zero-order valence-electron chi connectivity index (χ0n) is 10.4. The lowest BCUT2D eigenvalue weighted by Gasteiger charge is -2.22. The standard InChI is InChI=1S/C12H14FN3OS/c1-12(2,3)16-10(14-15-11(16)18)8-5-4-7(17)6-9(8)13/h4-6,17H,1-3H3,(H,15,18). The van der Waals surface area contributed by atoms with Crippen molar-refractivity contribution >= 4 is 12.2 Å². The van der Waals surface area contributed by atoms with E-state index in [1.165, 1.54) is 12.1 Å². The first-order valence-electron chi connectivity index (χ1n) is 5.47. The van der Waals surface area contributed by atoms with Crippen LogP contribution in [0.15, 0.2) is 18.2 Å². The summed E-state index contributed by atoms with van der Waals surface area (Å²) in [6.07, 6.45) is 0. The third-order valence-corrected chi connectivity index (χ3v) is 2.81. The Kier molecular flexibility index (Phi) is 2.98. The van der Waals surface area contributed by atoms with Crippen molar-refractivity contribution in [2.24, 2.45) is 0 Å². The Labute approximate surface area is 109 Å². The number of hydrogen-bond acceptors (Lipinski definition) is 3. The van der Waals surface area contributed by atoms with E-state index in [2.05, 4.69) is 10.2 Å². The molecular weight excluding hydrogens is 253 g/mol. The van der Waals surface area contributed by atoms with Crippen LogP contribution >= 0.6 is 12.2 Å². The van der Waals surface area contributed by atoms with E-state index in [0.717, 1.165) is 6.07 Å². The lowest BCUT2D eigenvalue weighted by molar-refractivity contribution is 0.395. The van der Waals surface area contributed by atoms with E-state index in [1.807, 2.05) is 20.8 Å². The second kappa shape index (κ2) is 4.20. The Morgan fingerprint density at radius 3 is 2.61 bits per heavy atom. The molecule has 0 atom stereocenters. The summed E-state index contributed by atoms with van der Waals surface area (Å²) in [4.78, 5) is 0. The number of nitrogens with zero attached hydrogens (tertiary/aromatic N) is 2. The Balaban J connectivity index is 2.69. The summed E-state index contributed by atoms with van der Waals surface area (Å²) in [5, 5.41) is 16.0. The molecule has 0 saturated carbocycles. The van der Waals surface area contributed by atoms with E-state index >= 15 is 0 Å². The van der Waals surface area contributed by atoms with Gasteiger partial charge >= 0.3 is 0 Å². The average molecular weight is 267 g/mol. The Morgan fingerprint density at radius 1 is 1.39 bits per heavy atom. The zero-order valence-corrected chi connectivity index (χ0v) is 11.2. The van der Waals surface area contributed by atoms with Crippen molar-refractivity contribution < 1.29 is 9.50 Å². The molecule has 2 rings (SSSR count). The number of hydrogen-bond donors (Lipinski definition) is 2. The van der Waals surface area contributed by atoms with Crippen LogP contribution in [0, 0.1) is 10.6 Å². The first kappa shape index (κ1) is 12.8. The van der Waals surface area contributed by atoms with Gasteiger partial charge in [0, 0.05) is 11.6 Å². The first-order valence-corrected chi connectivity index (χ1v) is 5.88. The molecule has 6 heteroatoms. The Hall–Kier alpha value is -1.69. The highest BCUT2D eigenvalue weighted by Gasteiger charge is 2.22. The van der Waals surface area contributed by atoms with Crippen LogP contribution in [0.4, 0.5) is 4.39 Å². The number of halogens is 1. The van der Waals surface area contributed by atoms with Gasteiger partial charge in [-0.1, -0.05) is 0 Å². The number of phenols is 1. The van der Waals surface area contributed by atoms with E-state index in [0.29, 0.717) is 16.2 Å². The molecule has 4 nitrogen and oxygen atoms in total. The minimum Gasteiger partial charge on any atom is -0.508 e. The number of aromatic hydroxyl groups is 1. The van der Waals surface area contributed by atoms with Crippen molar-refractivity contribution in [2.75, 3.05) is 0 Å². The molecule has 0 saturated heterocycles. The minimum absolute atomic E-state index is 0.118. The van der Waals surface area contributed by atoms with Gasteiger partial charge in [0.1, 0.15) is 11.6 Å². The molecule has 96 valence electrons. The van der Waals surface area contributed by atoms with Crippen molar-refractivity contribution in [1.82, 2.24) is 14.8 Å². The molecule has 1 aromatic heterocycles. The van der Waals surface area contributed by atoms with E-state index in [4.69, 9.17) is 12.2 Å². The minimum atomic E-state index is -0.533. The summed E-state index contributed by atoms with van der Waals surface area (Å²) in [6.45, 7) is 5.88. The van der Waals surface area contributed by atoms with Crippen LogP contribution in [0.2, 0.25) is 0 Å². The lowest BCUT2D eigenvalue weighted by Crippen LogP contribution is -2.23. The fourth-order valence-corrected chi connectivity index (χ4v) is 2.19. The van der Waals surface area contributed by atoms with Crippen molar-refractivity contribution in [3.63, 3.8) is 0 Å². The van der Waals surface area contributed by atoms with Crippen molar-refractivity contribution in [1.29, 1.82) is 0 Å². The molecule has 0 aliphatic heterocycles. The highest BCUT2D eigenvalue weighted by Crippen LogP contribution is 2.28. The van der Waals surface area contributed by atoms with Crippen LogP contribution in [0.1, 0.15) is 20.8 Å². The summed E-state index contributed by atoms with van der Waals surface area (Å²) in [7, 11) is 0. The predicted molar refractivity (Wildman–Crippen MR) is 69.5 cm³/mol. The van der Waals surface area contributed by atoms with Crippen molar-refractivity contribution in [2.45, 2.75) is 26.3 Å². The van der Waals surface area contributed by atoms with Gasteiger partial charge in [-0.2, -0.15) is 5.10 Å². The summed E-state index contributed by atoms with van der Waals surface area (Å²) in [5.74, 6) is -0.229. The van der Waals surface area contributed by atoms with Gasteiger partial charge < -0.3 is 5.11 Å². The summed E-state index contributed by atoms with van der Waals surface area (Å²) < 4.78 is 16.0. The number of H-pyrrole nitrogens is 1. The van der Waals surface area contributed by atoms with Gasteiger partial charge in [-0.05, 0) is 45.1 Å². The van der Waals surface area contributed by atoms with Gasteiger partial charge in [0.2, 0.25) is 0 Å². The SMILES string of the molecule is CC(C)(C)n1c(-c2ccc(O)cc2F)n[nH]c1=S. The third kappa shape index (κ3) is 2.15. The van der Waals surface area contributed by atoms with E-state index < -0.39 is 5.82 Å². The number of aromatic nitrogens is 3. The number of phenolic OH excluding ortho intramolecular Hbond substituents is 1. The lowest BCUT2D eigenvalue weighted by atomic mass is 10.1. The maximum atomic E-state index is 13.9. The molecule has 0 aliphatic rings. The fourth-order valence-electron chi connectivity index (χ4n) is 1.79. The van der Waals surface area contributed by atoms with E-state index in [1.54, 1.807) is 4.57 Å². The van der Waals surface area contributed by atoms with Gasteiger partial charge in [0.25, 0.3) is 0 Å². The molecule has 0 radical (unpaired) electrons. The van der Waals surface area contributed by atoms with Crippen LogP contribution in [0.25, 0.3) is 11.4 Å². The van der Waals surface area contributed by atoms with Crippen LogP contribution in [0.3, 0.4) is 0 Å². The van der Waals surface area contributed by atoms with Gasteiger partial charge in [-0.3, -0.25) is 9.67 Å². The monoisotopic (exact) mass is 267 g/mol. The van der Waals surface area contributed by atoms with Crippen molar-refractivity contribution in [3.8, 4) is 17.1 Å². The first-order chi connectivity index (χ1) is 8.30. The summed E-state index contributed by atoms with van der Waals surface area (Å²) in [5.41, 5.74) is -0.0147. The Morgan fingerprint density at radius 2 is 2.06 bits per heavy atom. The second-order valence-electron chi connectivity index (χ2n) is 5.02.